The van der Waals surface area contributed by atoms with E-state index in [0.29, 0.717) is 22.6 Å². The van der Waals surface area contributed by atoms with Crippen LogP contribution < -0.4 is 10.1 Å². The molecular formula is C24H17BrN2O3. The van der Waals surface area contributed by atoms with Crippen molar-refractivity contribution in [2.45, 2.75) is 6.92 Å². The zero-order valence-electron chi connectivity index (χ0n) is 16.1. The van der Waals surface area contributed by atoms with E-state index in [2.05, 4.69) is 21.2 Å². The molecule has 0 bridgehead atoms. The van der Waals surface area contributed by atoms with Gasteiger partial charge in [0.05, 0.1) is 5.56 Å². The Kier molecular flexibility index (Phi) is 6.79. The summed E-state index contributed by atoms with van der Waals surface area (Å²) in [7, 11) is 0. The highest BCUT2D eigenvalue weighted by molar-refractivity contribution is 9.10. The minimum Gasteiger partial charge on any atom is -0.423 e. The molecular weight excluding hydrogens is 444 g/mol. The molecule has 3 rings (SSSR count). The molecule has 0 unspecified atom stereocenters. The number of anilines is 1. The highest BCUT2D eigenvalue weighted by Gasteiger charge is 2.11. The predicted molar refractivity (Wildman–Crippen MR) is 119 cm³/mol. The molecule has 0 aromatic heterocycles. The fourth-order valence-electron chi connectivity index (χ4n) is 2.60. The Labute approximate surface area is 182 Å². The van der Waals surface area contributed by atoms with Crippen molar-refractivity contribution in [3.05, 3.63) is 99.5 Å². The Morgan fingerprint density at radius 1 is 1.00 bits per heavy atom. The molecule has 3 aromatic carbocycles. The van der Waals surface area contributed by atoms with Crippen LogP contribution in [-0.2, 0) is 4.79 Å². The number of para-hydroxylation sites is 1. The van der Waals surface area contributed by atoms with Gasteiger partial charge >= 0.3 is 5.97 Å². The van der Waals surface area contributed by atoms with Gasteiger partial charge in [-0.15, -0.1) is 0 Å². The van der Waals surface area contributed by atoms with Gasteiger partial charge in [0, 0.05) is 10.2 Å². The van der Waals surface area contributed by atoms with Gasteiger partial charge in [-0.2, -0.15) is 5.26 Å². The van der Waals surface area contributed by atoms with Crippen LogP contribution in [-0.4, -0.2) is 11.9 Å². The van der Waals surface area contributed by atoms with Crippen molar-refractivity contribution >= 4 is 39.6 Å². The third-order valence-electron chi connectivity index (χ3n) is 4.24. The Morgan fingerprint density at radius 2 is 1.67 bits per heavy atom. The van der Waals surface area contributed by atoms with Crippen molar-refractivity contribution in [2.24, 2.45) is 0 Å². The number of nitrogens with one attached hydrogen (secondary N) is 1. The number of nitrogens with zero attached hydrogens (tertiary/aromatic N) is 1. The summed E-state index contributed by atoms with van der Waals surface area (Å²) in [6, 6.07) is 22.7. The molecule has 1 N–H and O–H groups in total. The van der Waals surface area contributed by atoms with E-state index in [1.165, 1.54) is 6.08 Å². The van der Waals surface area contributed by atoms with Crippen LogP contribution in [0.15, 0.2) is 82.8 Å². The number of carbonyl (C=O) groups is 2. The molecule has 0 fully saturated rings. The number of halogens is 1. The third-order valence-corrected chi connectivity index (χ3v) is 4.77. The fourth-order valence-corrected chi connectivity index (χ4v) is 2.87. The molecule has 0 aliphatic heterocycles. The van der Waals surface area contributed by atoms with Crippen LogP contribution in [0.2, 0.25) is 0 Å². The second-order valence-electron chi connectivity index (χ2n) is 6.40. The van der Waals surface area contributed by atoms with Crippen LogP contribution in [0, 0.1) is 18.3 Å². The molecule has 5 nitrogen and oxygen atoms in total. The van der Waals surface area contributed by atoms with Crippen LogP contribution in [0.25, 0.3) is 6.08 Å². The van der Waals surface area contributed by atoms with Crippen LogP contribution in [0.5, 0.6) is 5.75 Å². The van der Waals surface area contributed by atoms with Gasteiger partial charge in [0.1, 0.15) is 17.4 Å². The van der Waals surface area contributed by atoms with Crippen molar-refractivity contribution < 1.29 is 14.3 Å². The quantitative estimate of drug-likeness (QED) is 0.235. The van der Waals surface area contributed by atoms with Gasteiger partial charge < -0.3 is 10.1 Å². The Morgan fingerprint density at radius 3 is 2.30 bits per heavy atom. The van der Waals surface area contributed by atoms with E-state index in [0.717, 1.165) is 10.0 Å². The molecule has 1 amide bonds. The maximum atomic E-state index is 12.4. The molecule has 0 heterocycles. The van der Waals surface area contributed by atoms with Gasteiger partial charge in [-0.1, -0.05) is 46.3 Å². The monoisotopic (exact) mass is 460 g/mol. The molecule has 0 aliphatic carbocycles. The van der Waals surface area contributed by atoms with Gasteiger partial charge in [-0.25, -0.2) is 4.79 Å². The Bertz CT molecular complexity index is 1140. The van der Waals surface area contributed by atoms with E-state index in [4.69, 9.17) is 4.74 Å². The number of nitriles is 1. The summed E-state index contributed by atoms with van der Waals surface area (Å²) in [5.74, 6) is -0.596. The number of hydrogen-bond acceptors (Lipinski definition) is 4. The molecule has 0 atom stereocenters. The number of rotatable bonds is 5. The first kappa shape index (κ1) is 21.0. The number of carbonyl (C=O) groups excluding carboxylic acids is 2. The van der Waals surface area contributed by atoms with Gasteiger partial charge in [0.25, 0.3) is 5.91 Å². The molecule has 148 valence electrons. The average Bonchev–Trinajstić information content (AvgIpc) is 2.75. The van der Waals surface area contributed by atoms with E-state index in [9.17, 15) is 14.9 Å². The van der Waals surface area contributed by atoms with Gasteiger partial charge in [-0.3, -0.25) is 4.79 Å². The maximum absolute atomic E-state index is 12.4. The average molecular weight is 461 g/mol. The summed E-state index contributed by atoms with van der Waals surface area (Å²) in [6.07, 6.45) is 1.48. The van der Waals surface area contributed by atoms with E-state index >= 15 is 0 Å². The third kappa shape index (κ3) is 5.43. The van der Waals surface area contributed by atoms with Gasteiger partial charge in [-0.05, 0) is 66.6 Å². The molecule has 6 heteroatoms. The van der Waals surface area contributed by atoms with Crippen LogP contribution >= 0.6 is 15.9 Å². The van der Waals surface area contributed by atoms with Crippen LogP contribution in [0.1, 0.15) is 21.5 Å². The first-order valence-electron chi connectivity index (χ1n) is 9.03. The second-order valence-corrected chi connectivity index (χ2v) is 7.32. The molecule has 0 aliphatic rings. The number of esters is 1. The van der Waals surface area contributed by atoms with E-state index in [1.54, 1.807) is 54.6 Å². The summed E-state index contributed by atoms with van der Waals surface area (Å²) in [4.78, 5) is 24.6. The first-order chi connectivity index (χ1) is 14.5. The van der Waals surface area contributed by atoms with Gasteiger partial charge in [0.15, 0.2) is 0 Å². The lowest BCUT2D eigenvalue weighted by molar-refractivity contribution is -0.112. The van der Waals surface area contributed by atoms with E-state index in [1.807, 2.05) is 31.2 Å². The number of benzene rings is 3. The SMILES string of the molecule is Cc1ccccc1NC(=O)/C(C#N)=C/c1ccc(OC(=O)c2ccc(Br)cc2)cc1. The van der Waals surface area contributed by atoms with Crippen molar-refractivity contribution in [3.8, 4) is 11.8 Å². The summed E-state index contributed by atoms with van der Waals surface area (Å²) in [5.41, 5.74) is 2.59. The molecule has 0 spiro atoms. The van der Waals surface area contributed by atoms with Crippen LogP contribution in [0.3, 0.4) is 0 Å². The minimum absolute atomic E-state index is 0.0298. The largest absolute Gasteiger partial charge is 0.423 e. The fraction of sp³-hybridized carbons (Fsp3) is 0.0417. The topological polar surface area (TPSA) is 79.2 Å². The summed E-state index contributed by atoms with van der Waals surface area (Å²) < 4.78 is 6.22. The van der Waals surface area contributed by atoms with E-state index in [-0.39, 0.29) is 5.57 Å². The summed E-state index contributed by atoms with van der Waals surface area (Å²) >= 11 is 3.32. The first-order valence-corrected chi connectivity index (χ1v) is 9.82. The zero-order chi connectivity index (χ0) is 21.5. The second kappa shape index (κ2) is 9.68. The summed E-state index contributed by atoms with van der Waals surface area (Å²) in [6.45, 7) is 1.87. The number of hydrogen-bond donors (Lipinski definition) is 1. The lowest BCUT2D eigenvalue weighted by Crippen LogP contribution is -2.14. The standard InChI is InChI=1S/C24H17BrN2O3/c1-16-4-2-3-5-22(16)27-23(28)19(15-26)14-17-6-12-21(13-7-17)30-24(29)18-8-10-20(25)11-9-18/h2-14H,1H3,(H,27,28)/b19-14+. The van der Waals surface area contributed by atoms with Crippen molar-refractivity contribution in [1.29, 1.82) is 5.26 Å². The van der Waals surface area contributed by atoms with Crippen molar-refractivity contribution in [2.75, 3.05) is 5.32 Å². The Balaban J connectivity index is 1.69. The Hall–Kier alpha value is -3.69. The molecule has 3 aromatic rings. The van der Waals surface area contributed by atoms with E-state index < -0.39 is 11.9 Å². The number of ether oxygens (including phenoxy) is 1. The number of amides is 1. The molecule has 0 radical (unpaired) electrons. The number of aryl methyl sites for hydroxylation is 1. The molecule has 0 saturated heterocycles. The molecule has 30 heavy (non-hydrogen) atoms. The zero-order valence-corrected chi connectivity index (χ0v) is 17.6. The lowest BCUT2D eigenvalue weighted by atomic mass is 10.1. The smallest absolute Gasteiger partial charge is 0.343 e. The van der Waals surface area contributed by atoms with Crippen molar-refractivity contribution in [1.82, 2.24) is 0 Å². The minimum atomic E-state index is -0.488. The highest BCUT2D eigenvalue weighted by atomic mass is 79.9. The summed E-state index contributed by atoms with van der Waals surface area (Å²) in [5, 5.41) is 12.1. The predicted octanol–water partition coefficient (Wildman–Crippen LogP) is 5.52. The van der Waals surface area contributed by atoms with Gasteiger partial charge in [0.2, 0.25) is 0 Å². The van der Waals surface area contributed by atoms with Crippen LogP contribution in [0.4, 0.5) is 5.69 Å². The maximum Gasteiger partial charge on any atom is 0.343 e. The molecule has 0 saturated carbocycles. The highest BCUT2D eigenvalue weighted by Crippen LogP contribution is 2.19. The van der Waals surface area contributed by atoms with Crippen molar-refractivity contribution in [3.63, 3.8) is 0 Å². The normalized spacial score (nSPS) is 10.8. The lowest BCUT2D eigenvalue weighted by Gasteiger charge is -2.07.